The van der Waals surface area contributed by atoms with Crippen LogP contribution in [0.3, 0.4) is 0 Å². The average Bonchev–Trinajstić information content (AvgIpc) is 3.22. The number of aromatic nitrogens is 1. The molecule has 0 bridgehead atoms. The third-order valence-corrected chi connectivity index (χ3v) is 6.57. The number of fused-ring (bicyclic) bond motifs is 5. The van der Waals surface area contributed by atoms with Crippen LogP contribution in [-0.2, 0) is 9.59 Å². The summed E-state index contributed by atoms with van der Waals surface area (Å²) in [6.07, 6.45) is 2.91. The van der Waals surface area contributed by atoms with Gasteiger partial charge < -0.3 is 4.98 Å². The Balaban J connectivity index is 1.63. The molecule has 0 saturated carbocycles. The first-order valence-corrected chi connectivity index (χ1v) is 10.6. The van der Waals surface area contributed by atoms with Crippen molar-refractivity contribution in [1.82, 2.24) is 4.98 Å². The van der Waals surface area contributed by atoms with Crippen LogP contribution in [-0.4, -0.2) is 16.8 Å². The van der Waals surface area contributed by atoms with E-state index in [9.17, 15) is 9.59 Å². The van der Waals surface area contributed by atoms with Gasteiger partial charge in [0.15, 0.2) is 0 Å². The summed E-state index contributed by atoms with van der Waals surface area (Å²) in [5.74, 6) is 0.0904. The first-order chi connectivity index (χ1) is 14.1. The summed E-state index contributed by atoms with van der Waals surface area (Å²) in [5, 5.41) is 1.20. The summed E-state index contributed by atoms with van der Waals surface area (Å²) >= 11 is 0. The number of hydrogen-bond donors (Lipinski definition) is 1. The van der Waals surface area contributed by atoms with E-state index in [4.69, 9.17) is 0 Å². The molecule has 1 N–H and O–H groups in total. The van der Waals surface area contributed by atoms with Crippen molar-refractivity contribution in [1.29, 1.82) is 0 Å². The van der Waals surface area contributed by atoms with E-state index in [2.05, 4.69) is 37.0 Å². The average molecular weight is 386 g/mol. The highest BCUT2D eigenvalue weighted by molar-refractivity contribution is 6.24. The molecule has 1 saturated heterocycles. The Labute approximate surface area is 170 Å². The van der Waals surface area contributed by atoms with Crippen LogP contribution in [0.2, 0.25) is 0 Å². The molecule has 4 nitrogen and oxygen atoms in total. The third-order valence-electron chi connectivity index (χ3n) is 6.57. The molecule has 2 aliphatic rings. The molecule has 1 fully saturated rings. The molecular weight excluding hydrogens is 360 g/mol. The minimum absolute atomic E-state index is 0.0509. The molecular formula is C25H26N2O2. The Morgan fingerprint density at radius 2 is 1.72 bits per heavy atom. The van der Waals surface area contributed by atoms with E-state index in [1.54, 1.807) is 0 Å². The Bertz CT molecular complexity index is 1080. The monoisotopic (exact) mass is 386 g/mol. The zero-order valence-electron chi connectivity index (χ0n) is 16.9. The molecule has 3 aromatic rings. The van der Waals surface area contributed by atoms with Gasteiger partial charge in [0.1, 0.15) is 0 Å². The van der Waals surface area contributed by atoms with Crippen molar-refractivity contribution in [2.75, 3.05) is 4.90 Å². The summed E-state index contributed by atoms with van der Waals surface area (Å²) in [7, 11) is 0. The molecule has 3 atom stereocenters. The van der Waals surface area contributed by atoms with E-state index in [0.29, 0.717) is 17.5 Å². The van der Waals surface area contributed by atoms with Crippen LogP contribution in [0.15, 0.2) is 54.6 Å². The molecule has 1 aliphatic heterocycles. The number of amides is 2. The van der Waals surface area contributed by atoms with E-state index in [0.717, 1.165) is 30.5 Å². The Morgan fingerprint density at radius 3 is 2.48 bits per heavy atom. The fourth-order valence-corrected chi connectivity index (χ4v) is 5.21. The molecule has 0 spiro atoms. The molecule has 29 heavy (non-hydrogen) atoms. The lowest BCUT2D eigenvalue weighted by atomic mass is 9.71. The molecule has 2 heterocycles. The van der Waals surface area contributed by atoms with E-state index in [1.807, 2.05) is 36.4 Å². The van der Waals surface area contributed by atoms with Crippen molar-refractivity contribution in [3.63, 3.8) is 0 Å². The lowest BCUT2D eigenvalue weighted by Gasteiger charge is -2.30. The quantitative estimate of drug-likeness (QED) is 0.613. The van der Waals surface area contributed by atoms with Crippen molar-refractivity contribution in [3.05, 3.63) is 65.9 Å². The topological polar surface area (TPSA) is 53.2 Å². The summed E-state index contributed by atoms with van der Waals surface area (Å²) in [4.78, 5) is 31.7. The van der Waals surface area contributed by atoms with E-state index in [-0.39, 0.29) is 17.7 Å². The molecule has 5 rings (SSSR count). The highest BCUT2D eigenvalue weighted by atomic mass is 16.2. The molecule has 2 aromatic carbocycles. The van der Waals surface area contributed by atoms with Gasteiger partial charge in [-0.1, -0.05) is 56.7 Å². The van der Waals surface area contributed by atoms with Crippen molar-refractivity contribution in [2.24, 2.45) is 11.8 Å². The second-order valence-corrected chi connectivity index (χ2v) is 8.83. The summed E-state index contributed by atoms with van der Waals surface area (Å²) < 4.78 is 0. The maximum absolute atomic E-state index is 13.4. The van der Waals surface area contributed by atoms with E-state index in [1.165, 1.54) is 15.8 Å². The van der Waals surface area contributed by atoms with Crippen LogP contribution < -0.4 is 4.90 Å². The van der Waals surface area contributed by atoms with Crippen LogP contribution in [0.1, 0.15) is 56.2 Å². The molecule has 4 heteroatoms. The maximum Gasteiger partial charge on any atom is 0.243 e. The van der Waals surface area contributed by atoms with Crippen LogP contribution in [0, 0.1) is 11.8 Å². The number of rotatable bonds is 4. The lowest BCUT2D eigenvalue weighted by Crippen LogP contribution is -2.30. The Morgan fingerprint density at radius 1 is 1.00 bits per heavy atom. The number of anilines is 1. The largest absolute Gasteiger partial charge is 0.357 e. The van der Waals surface area contributed by atoms with Gasteiger partial charge >= 0.3 is 0 Å². The normalized spacial score (nSPS) is 23.7. The highest BCUT2D eigenvalue weighted by Gasteiger charge is 2.53. The predicted molar refractivity (Wildman–Crippen MR) is 115 cm³/mol. The van der Waals surface area contributed by atoms with Crippen molar-refractivity contribution in [2.45, 2.75) is 44.9 Å². The smallest absolute Gasteiger partial charge is 0.243 e. The fourth-order valence-electron chi connectivity index (χ4n) is 5.21. The molecule has 0 radical (unpaired) electrons. The number of carbonyl (C=O) groups is 2. The molecule has 2 amide bonds. The van der Waals surface area contributed by atoms with Crippen molar-refractivity contribution in [3.8, 4) is 0 Å². The number of para-hydroxylation sites is 2. The second kappa shape index (κ2) is 6.87. The van der Waals surface area contributed by atoms with Gasteiger partial charge in [0.25, 0.3) is 0 Å². The molecule has 148 valence electrons. The summed E-state index contributed by atoms with van der Waals surface area (Å²) in [5.41, 5.74) is 3.96. The Kier molecular flexibility index (Phi) is 4.30. The first kappa shape index (κ1) is 18.2. The van der Waals surface area contributed by atoms with Gasteiger partial charge in [-0.05, 0) is 48.4 Å². The van der Waals surface area contributed by atoms with Crippen LogP contribution in [0.5, 0.6) is 0 Å². The first-order valence-electron chi connectivity index (χ1n) is 10.6. The predicted octanol–water partition coefficient (Wildman–Crippen LogP) is 5.36. The Hall–Kier alpha value is -2.88. The number of benzene rings is 2. The zero-order valence-corrected chi connectivity index (χ0v) is 16.9. The fraction of sp³-hybridized carbons (Fsp3) is 0.360. The van der Waals surface area contributed by atoms with E-state index < -0.39 is 5.92 Å². The van der Waals surface area contributed by atoms with Gasteiger partial charge in [-0.15, -0.1) is 0 Å². The third kappa shape index (κ3) is 2.81. The number of imide groups is 1. The maximum atomic E-state index is 13.4. The number of H-pyrrole nitrogens is 1. The van der Waals surface area contributed by atoms with E-state index >= 15 is 0 Å². The van der Waals surface area contributed by atoms with Gasteiger partial charge in [0.05, 0.1) is 17.5 Å². The summed E-state index contributed by atoms with van der Waals surface area (Å²) in [6, 6.07) is 17.6. The minimum atomic E-state index is -0.402. The number of nitrogens with zero attached hydrogens (tertiary/aromatic N) is 1. The zero-order chi connectivity index (χ0) is 20.1. The lowest BCUT2D eigenvalue weighted by molar-refractivity contribution is -0.122. The van der Waals surface area contributed by atoms with Crippen molar-refractivity contribution < 1.29 is 9.59 Å². The van der Waals surface area contributed by atoms with Gasteiger partial charge in [-0.25, -0.2) is 4.90 Å². The highest BCUT2D eigenvalue weighted by Crippen LogP contribution is 2.51. The summed E-state index contributed by atoms with van der Waals surface area (Å²) in [6.45, 7) is 4.48. The number of carbonyl (C=O) groups excluding carboxylic acids is 2. The van der Waals surface area contributed by atoms with Crippen molar-refractivity contribution >= 4 is 28.4 Å². The number of hydrogen-bond acceptors (Lipinski definition) is 2. The SMILES string of the molecule is CC(C)CCC1CC2C(=O)N(c3ccccc3)C(=O)C2c2[nH]c3ccccc3c21. The van der Waals surface area contributed by atoms with Gasteiger partial charge in [-0.3, -0.25) is 9.59 Å². The van der Waals surface area contributed by atoms with Crippen LogP contribution in [0.25, 0.3) is 10.9 Å². The minimum Gasteiger partial charge on any atom is -0.357 e. The van der Waals surface area contributed by atoms with Crippen LogP contribution >= 0.6 is 0 Å². The number of nitrogens with one attached hydrogen (secondary N) is 1. The molecule has 1 aliphatic carbocycles. The molecule has 3 unspecified atom stereocenters. The van der Waals surface area contributed by atoms with Gasteiger partial charge in [0, 0.05) is 16.6 Å². The van der Waals surface area contributed by atoms with Crippen LogP contribution in [0.4, 0.5) is 5.69 Å². The number of aromatic amines is 1. The molecule has 1 aromatic heterocycles. The van der Waals surface area contributed by atoms with Gasteiger partial charge in [0.2, 0.25) is 11.8 Å². The standard InChI is InChI=1S/C25H26N2O2/c1-15(2)12-13-16-14-19-22(23-21(16)18-10-6-7-11-20(18)26-23)25(29)27(24(19)28)17-8-4-3-5-9-17/h3-11,15-16,19,22,26H,12-14H2,1-2H3. The second-order valence-electron chi connectivity index (χ2n) is 8.83. The van der Waals surface area contributed by atoms with Gasteiger partial charge in [-0.2, -0.15) is 0 Å².